The second-order valence-corrected chi connectivity index (χ2v) is 15.1. The van der Waals surface area contributed by atoms with Crippen molar-refractivity contribution >= 4 is 35.4 Å². The predicted molar refractivity (Wildman–Crippen MR) is 163 cm³/mol. The van der Waals surface area contributed by atoms with Crippen LogP contribution in [0.15, 0.2) is 91.1 Å². The zero-order valence-corrected chi connectivity index (χ0v) is 25.8. The monoisotopic (exact) mass is 648 g/mol. The van der Waals surface area contributed by atoms with E-state index in [1.165, 1.54) is 22.4 Å². The SMILES string of the molecule is Cc1cc(C)c(N2[CH-]N(c3ccccc3OCCc3ccccn3)CC2)c(C)c1.[Cl][Ru]([Cl])=[CH]c1ccccc1. The van der Waals surface area contributed by atoms with Crippen LogP contribution in [0.1, 0.15) is 27.9 Å². The molecule has 0 amide bonds. The van der Waals surface area contributed by atoms with Crippen molar-refractivity contribution in [3.63, 3.8) is 0 Å². The average molecular weight is 649 g/mol. The van der Waals surface area contributed by atoms with Gasteiger partial charge in [0.2, 0.25) is 0 Å². The van der Waals surface area contributed by atoms with Crippen LogP contribution < -0.4 is 14.5 Å². The molecule has 0 saturated carbocycles. The Labute approximate surface area is 245 Å². The summed E-state index contributed by atoms with van der Waals surface area (Å²) in [6.45, 7) is 11.3. The fourth-order valence-corrected chi connectivity index (χ4v) is 6.54. The molecule has 0 radical (unpaired) electrons. The molecule has 206 valence electrons. The van der Waals surface area contributed by atoms with Crippen LogP contribution in [0.2, 0.25) is 0 Å². The molecule has 0 N–H and O–H groups in total. The minimum absolute atomic E-state index is 0.613. The number of hydrogen-bond acceptors (Lipinski definition) is 4. The summed E-state index contributed by atoms with van der Waals surface area (Å²) in [7, 11) is 11.3. The van der Waals surface area contributed by atoms with Gasteiger partial charge in [0.25, 0.3) is 0 Å². The number of anilines is 2. The van der Waals surface area contributed by atoms with E-state index in [-0.39, 0.29) is 0 Å². The molecule has 4 aromatic rings. The van der Waals surface area contributed by atoms with Crippen molar-refractivity contribution in [2.45, 2.75) is 27.2 Å². The van der Waals surface area contributed by atoms with Crippen LogP contribution in [0.25, 0.3) is 0 Å². The molecular weight excluding hydrogens is 614 g/mol. The van der Waals surface area contributed by atoms with Crippen LogP contribution in [0.4, 0.5) is 11.4 Å². The van der Waals surface area contributed by atoms with Crippen LogP contribution in [-0.4, -0.2) is 29.3 Å². The van der Waals surface area contributed by atoms with Gasteiger partial charge in [0, 0.05) is 37.1 Å². The van der Waals surface area contributed by atoms with Crippen LogP contribution >= 0.6 is 19.4 Å². The van der Waals surface area contributed by atoms with Gasteiger partial charge in [0.1, 0.15) is 5.75 Å². The molecule has 0 atom stereocenters. The molecule has 0 unspecified atom stereocenters. The normalized spacial score (nSPS) is 13.0. The van der Waals surface area contributed by atoms with Gasteiger partial charge in [0.15, 0.2) is 0 Å². The number of pyridine rings is 1. The first-order valence-electron chi connectivity index (χ1n) is 12.9. The molecule has 0 spiro atoms. The Kier molecular flexibility index (Phi) is 11.0. The molecule has 1 saturated heterocycles. The van der Waals surface area contributed by atoms with E-state index in [2.05, 4.69) is 66.5 Å². The Morgan fingerprint density at radius 2 is 1.54 bits per heavy atom. The molecule has 1 aliphatic heterocycles. The fraction of sp³-hybridized carbons (Fsp3) is 0.219. The summed E-state index contributed by atoms with van der Waals surface area (Å²) >= 11 is -1.61. The first-order chi connectivity index (χ1) is 18.9. The van der Waals surface area contributed by atoms with Crippen LogP contribution in [0, 0.1) is 27.4 Å². The maximum atomic E-state index is 6.14. The van der Waals surface area contributed by atoms with Crippen molar-refractivity contribution in [3.8, 4) is 5.75 Å². The number of nitrogens with zero attached hydrogens (tertiary/aromatic N) is 3. The predicted octanol–water partition coefficient (Wildman–Crippen LogP) is 7.84. The Morgan fingerprint density at radius 3 is 2.23 bits per heavy atom. The van der Waals surface area contributed by atoms with Gasteiger partial charge in [-0.2, -0.15) is 6.67 Å². The number of aromatic nitrogens is 1. The zero-order valence-electron chi connectivity index (χ0n) is 22.5. The topological polar surface area (TPSA) is 28.6 Å². The van der Waals surface area contributed by atoms with Crippen molar-refractivity contribution in [2.24, 2.45) is 0 Å². The van der Waals surface area contributed by atoms with E-state index in [0.717, 1.165) is 42.2 Å². The first-order valence-corrected chi connectivity index (χ1v) is 18.3. The number of benzene rings is 3. The Morgan fingerprint density at radius 1 is 0.872 bits per heavy atom. The van der Waals surface area contributed by atoms with Crippen molar-refractivity contribution < 1.29 is 18.3 Å². The molecule has 2 heterocycles. The second kappa shape index (κ2) is 14.6. The minimum atomic E-state index is -1.61. The van der Waals surface area contributed by atoms with E-state index in [1.54, 1.807) is 0 Å². The summed E-state index contributed by atoms with van der Waals surface area (Å²) in [5.41, 5.74) is 8.54. The molecule has 3 aromatic carbocycles. The zero-order chi connectivity index (χ0) is 27.6. The fourth-order valence-electron chi connectivity index (χ4n) is 4.72. The summed E-state index contributed by atoms with van der Waals surface area (Å²) in [6.07, 6.45) is 2.62. The number of ether oxygens (including phenoxy) is 1. The third-order valence-corrected chi connectivity index (χ3v) is 8.17. The molecule has 0 bridgehead atoms. The molecule has 7 heteroatoms. The van der Waals surface area contributed by atoms with Gasteiger partial charge in [-0.3, -0.25) is 4.98 Å². The molecule has 4 nitrogen and oxygen atoms in total. The van der Waals surface area contributed by atoms with E-state index in [1.807, 2.05) is 71.5 Å². The third kappa shape index (κ3) is 8.63. The van der Waals surface area contributed by atoms with Gasteiger partial charge < -0.3 is 14.5 Å². The molecule has 0 aliphatic carbocycles. The third-order valence-electron chi connectivity index (χ3n) is 6.29. The Bertz CT molecular complexity index is 1360. The summed E-state index contributed by atoms with van der Waals surface area (Å²) in [6, 6.07) is 28.7. The van der Waals surface area contributed by atoms with Gasteiger partial charge in [-0.05, 0) is 56.2 Å². The summed E-state index contributed by atoms with van der Waals surface area (Å²) < 4.78 is 8.06. The number of halogens is 2. The van der Waals surface area contributed by atoms with Gasteiger partial charge in [-0.25, -0.2) is 0 Å². The molecule has 1 aromatic heterocycles. The quantitative estimate of drug-likeness (QED) is 0.151. The van der Waals surface area contributed by atoms with Gasteiger partial charge >= 0.3 is 73.4 Å². The molecular formula is C32H34Cl2N3ORu-. The van der Waals surface area contributed by atoms with Gasteiger partial charge in [-0.15, -0.1) is 0 Å². The number of para-hydroxylation sites is 2. The van der Waals surface area contributed by atoms with E-state index in [4.69, 9.17) is 24.1 Å². The van der Waals surface area contributed by atoms with Crippen molar-refractivity contribution in [3.05, 3.63) is 126 Å². The van der Waals surface area contributed by atoms with Gasteiger partial charge in [-0.1, -0.05) is 35.9 Å². The van der Waals surface area contributed by atoms with E-state index >= 15 is 0 Å². The Balaban J connectivity index is 0.000000298. The summed E-state index contributed by atoms with van der Waals surface area (Å²) in [5.74, 6) is 0.916. The number of aryl methyl sites for hydroxylation is 3. The average Bonchev–Trinajstić information content (AvgIpc) is 3.39. The molecule has 39 heavy (non-hydrogen) atoms. The Hall–Kier alpha value is -2.72. The van der Waals surface area contributed by atoms with Crippen molar-refractivity contribution in [2.75, 3.05) is 29.5 Å². The van der Waals surface area contributed by atoms with Crippen LogP contribution in [0.5, 0.6) is 5.75 Å². The van der Waals surface area contributed by atoms with E-state index in [9.17, 15) is 0 Å². The van der Waals surface area contributed by atoms with Crippen molar-refractivity contribution in [1.82, 2.24) is 4.98 Å². The molecule has 1 aliphatic rings. The standard InChI is InChI=1S/C25H28N3O.C7H6.2ClH.Ru/c1-19-16-20(2)25(21(3)17-19)28-14-13-27(18-28)23-9-4-5-10-24(23)29-15-11-22-8-6-7-12-26-22;1-7-5-3-2-4-6-7;;;/h4-10,12,16-18H,11,13-15H2,1-3H3;1-6H;2*1H;/q-1;;;;+2/p-2. The number of hydrogen-bond donors (Lipinski definition) is 0. The summed E-state index contributed by atoms with van der Waals surface area (Å²) in [5, 5.41) is 0. The van der Waals surface area contributed by atoms with Gasteiger partial charge in [0.05, 0.1) is 12.3 Å². The van der Waals surface area contributed by atoms with E-state index in [0.29, 0.717) is 6.61 Å². The maximum absolute atomic E-state index is 6.14. The summed E-state index contributed by atoms with van der Waals surface area (Å²) in [4.78, 5) is 9.02. The van der Waals surface area contributed by atoms with E-state index < -0.39 is 13.5 Å². The van der Waals surface area contributed by atoms with Crippen LogP contribution in [-0.2, 0) is 19.9 Å². The molecule has 1 fully saturated rings. The van der Waals surface area contributed by atoms with Crippen LogP contribution in [0.3, 0.4) is 0 Å². The molecule has 5 rings (SSSR count). The number of rotatable bonds is 7. The first kappa shape index (κ1) is 29.3. The van der Waals surface area contributed by atoms with Crippen molar-refractivity contribution in [1.29, 1.82) is 0 Å². The second-order valence-electron chi connectivity index (χ2n) is 9.35.